The third kappa shape index (κ3) is 3.08. The maximum atomic E-state index is 12.9. The van der Waals surface area contributed by atoms with Crippen LogP contribution in [0.5, 0.6) is 5.88 Å². The van der Waals surface area contributed by atoms with Crippen molar-refractivity contribution >= 4 is 11.4 Å². The Bertz CT molecular complexity index is 973. The van der Waals surface area contributed by atoms with Crippen molar-refractivity contribution in [3.63, 3.8) is 0 Å². The van der Waals surface area contributed by atoms with Gasteiger partial charge < -0.3 is 5.11 Å². The lowest BCUT2D eigenvalue weighted by molar-refractivity contribution is -0.137. The van der Waals surface area contributed by atoms with E-state index in [0.717, 1.165) is 31.4 Å². The minimum absolute atomic E-state index is 0.101. The summed E-state index contributed by atoms with van der Waals surface area (Å²) in [6, 6.07) is 4.64. The largest absolute Gasteiger partial charge is 0.492 e. The molecule has 28 heavy (non-hydrogen) atoms. The summed E-state index contributed by atoms with van der Waals surface area (Å²) in [5, 5.41) is 16.6. The van der Waals surface area contributed by atoms with Crippen LogP contribution in [0.15, 0.2) is 34.2 Å². The SMILES string of the molecule is CC1CC(c2ccc(C(F)(F)F)cc2)=NN1c1c(O)n2n(c1=O)CCCCC2. The predicted molar refractivity (Wildman–Crippen MR) is 98.7 cm³/mol. The second kappa shape index (κ2) is 6.72. The van der Waals surface area contributed by atoms with Gasteiger partial charge in [0, 0.05) is 19.5 Å². The zero-order chi connectivity index (χ0) is 20.1. The summed E-state index contributed by atoms with van der Waals surface area (Å²) in [6.45, 7) is 2.98. The third-order valence-corrected chi connectivity index (χ3v) is 5.33. The molecular formula is C19H21F3N4O2. The summed E-state index contributed by atoms with van der Waals surface area (Å²) in [4.78, 5) is 12.9. The molecule has 1 aromatic heterocycles. The Morgan fingerprint density at radius 2 is 1.71 bits per heavy atom. The normalized spacial score (nSPS) is 20.1. The van der Waals surface area contributed by atoms with Gasteiger partial charge in [0.1, 0.15) is 0 Å². The number of hydrogen-bond donors (Lipinski definition) is 1. The van der Waals surface area contributed by atoms with Gasteiger partial charge in [-0.2, -0.15) is 18.3 Å². The molecule has 1 atom stereocenters. The lowest BCUT2D eigenvalue weighted by Gasteiger charge is -2.17. The minimum Gasteiger partial charge on any atom is -0.492 e. The Labute approximate surface area is 159 Å². The summed E-state index contributed by atoms with van der Waals surface area (Å²) in [6.07, 6.45) is -1.16. The van der Waals surface area contributed by atoms with Crippen LogP contribution in [0.1, 0.15) is 43.7 Å². The van der Waals surface area contributed by atoms with E-state index in [2.05, 4.69) is 5.10 Å². The van der Waals surface area contributed by atoms with Crippen LogP contribution in [0.25, 0.3) is 0 Å². The zero-order valence-corrected chi connectivity index (χ0v) is 15.4. The first-order valence-corrected chi connectivity index (χ1v) is 9.34. The number of aromatic nitrogens is 2. The van der Waals surface area contributed by atoms with Crippen LogP contribution in [0.2, 0.25) is 0 Å². The predicted octanol–water partition coefficient (Wildman–Crippen LogP) is 3.56. The lowest BCUT2D eigenvalue weighted by Crippen LogP contribution is -2.29. The van der Waals surface area contributed by atoms with E-state index in [0.29, 0.717) is 30.8 Å². The average molecular weight is 394 g/mol. The maximum absolute atomic E-state index is 12.9. The van der Waals surface area contributed by atoms with Crippen molar-refractivity contribution in [1.29, 1.82) is 0 Å². The van der Waals surface area contributed by atoms with Gasteiger partial charge in [0.25, 0.3) is 5.56 Å². The maximum Gasteiger partial charge on any atom is 0.416 e. The molecule has 6 nitrogen and oxygen atoms in total. The highest BCUT2D eigenvalue weighted by Gasteiger charge is 2.34. The van der Waals surface area contributed by atoms with E-state index in [-0.39, 0.29) is 23.2 Å². The van der Waals surface area contributed by atoms with E-state index in [1.54, 1.807) is 9.36 Å². The van der Waals surface area contributed by atoms with Gasteiger partial charge in [0.2, 0.25) is 5.88 Å². The number of rotatable bonds is 2. The zero-order valence-electron chi connectivity index (χ0n) is 15.4. The lowest BCUT2D eigenvalue weighted by atomic mass is 10.0. The molecule has 4 rings (SSSR count). The molecule has 2 aliphatic heterocycles. The highest BCUT2D eigenvalue weighted by molar-refractivity contribution is 6.03. The second-order valence-electron chi connectivity index (χ2n) is 7.30. The first-order chi connectivity index (χ1) is 13.3. The molecule has 0 saturated heterocycles. The Hall–Kier alpha value is -2.71. The van der Waals surface area contributed by atoms with Crippen LogP contribution in [0, 0.1) is 0 Å². The van der Waals surface area contributed by atoms with Crippen molar-refractivity contribution in [2.45, 2.75) is 57.9 Å². The van der Waals surface area contributed by atoms with Crippen LogP contribution >= 0.6 is 0 Å². The van der Waals surface area contributed by atoms with E-state index < -0.39 is 11.7 Å². The Morgan fingerprint density at radius 3 is 2.36 bits per heavy atom. The molecule has 9 heteroatoms. The number of fused-ring (bicyclic) bond motifs is 1. The summed E-state index contributed by atoms with van der Waals surface area (Å²) in [5.41, 5.74) is 0.293. The van der Waals surface area contributed by atoms with Crippen LogP contribution in [-0.4, -0.2) is 26.2 Å². The van der Waals surface area contributed by atoms with Crippen LogP contribution in [0.3, 0.4) is 0 Å². The molecule has 1 unspecified atom stereocenters. The highest BCUT2D eigenvalue weighted by Crippen LogP contribution is 2.33. The van der Waals surface area contributed by atoms with E-state index in [4.69, 9.17) is 0 Å². The van der Waals surface area contributed by atoms with Crippen LogP contribution < -0.4 is 10.6 Å². The van der Waals surface area contributed by atoms with Crippen LogP contribution in [0.4, 0.5) is 18.9 Å². The summed E-state index contributed by atoms with van der Waals surface area (Å²) in [5.74, 6) is -0.101. The molecule has 1 N–H and O–H groups in total. The molecule has 0 aliphatic carbocycles. The molecule has 2 aliphatic rings. The van der Waals surface area contributed by atoms with Gasteiger partial charge in [-0.1, -0.05) is 12.1 Å². The first-order valence-electron chi connectivity index (χ1n) is 9.34. The molecule has 0 spiro atoms. The van der Waals surface area contributed by atoms with Gasteiger partial charge in [-0.15, -0.1) is 0 Å². The molecule has 1 aromatic carbocycles. The molecule has 0 amide bonds. The average Bonchev–Trinajstić information content (AvgIpc) is 2.99. The van der Waals surface area contributed by atoms with Crippen molar-refractivity contribution in [3.05, 3.63) is 45.7 Å². The number of hydrogen-bond acceptors (Lipinski definition) is 4. The van der Waals surface area contributed by atoms with Gasteiger partial charge in [0.05, 0.1) is 17.3 Å². The van der Waals surface area contributed by atoms with Crippen molar-refractivity contribution in [3.8, 4) is 5.88 Å². The van der Waals surface area contributed by atoms with Gasteiger partial charge in [-0.25, -0.2) is 9.36 Å². The molecule has 150 valence electrons. The standard InChI is InChI=1S/C19H21F3N4O2/c1-12-11-15(13-5-7-14(8-6-13)19(20,21)22)23-26(12)16-17(27)24-9-3-2-4-10-25(24)18(16)28/h5-8,12,27H,2-4,9-11H2,1H3. The topological polar surface area (TPSA) is 62.8 Å². The summed E-state index contributed by atoms with van der Waals surface area (Å²) < 4.78 is 41.5. The second-order valence-corrected chi connectivity index (χ2v) is 7.30. The number of nitrogens with zero attached hydrogens (tertiary/aromatic N) is 4. The molecule has 0 fully saturated rings. The van der Waals surface area contributed by atoms with Crippen LogP contribution in [-0.2, 0) is 19.3 Å². The summed E-state index contributed by atoms with van der Waals surface area (Å²) in [7, 11) is 0. The van der Waals surface area contributed by atoms with E-state index in [1.807, 2.05) is 6.92 Å². The molecule has 0 bridgehead atoms. The van der Waals surface area contributed by atoms with E-state index in [9.17, 15) is 23.1 Å². The fraction of sp³-hybridized carbons (Fsp3) is 0.474. The fourth-order valence-electron chi connectivity index (χ4n) is 3.85. The van der Waals surface area contributed by atoms with Crippen molar-refractivity contribution in [2.24, 2.45) is 5.10 Å². The van der Waals surface area contributed by atoms with E-state index >= 15 is 0 Å². The number of alkyl halides is 3. The van der Waals surface area contributed by atoms with Crippen molar-refractivity contribution < 1.29 is 18.3 Å². The Morgan fingerprint density at radius 1 is 1.07 bits per heavy atom. The smallest absolute Gasteiger partial charge is 0.416 e. The minimum atomic E-state index is -4.39. The van der Waals surface area contributed by atoms with Crippen molar-refractivity contribution in [1.82, 2.24) is 9.36 Å². The van der Waals surface area contributed by atoms with Gasteiger partial charge in [0.15, 0.2) is 5.69 Å². The number of aromatic hydroxyl groups is 1. The number of anilines is 1. The number of benzene rings is 1. The monoisotopic (exact) mass is 394 g/mol. The molecule has 0 radical (unpaired) electrons. The highest BCUT2D eigenvalue weighted by atomic mass is 19.4. The van der Waals surface area contributed by atoms with Gasteiger partial charge >= 0.3 is 6.18 Å². The Kier molecular flexibility index (Phi) is 4.47. The molecule has 0 saturated carbocycles. The van der Waals surface area contributed by atoms with E-state index in [1.165, 1.54) is 17.1 Å². The molecular weight excluding hydrogens is 373 g/mol. The number of hydrazone groups is 1. The number of halogens is 3. The molecule has 3 heterocycles. The third-order valence-electron chi connectivity index (χ3n) is 5.33. The quantitative estimate of drug-likeness (QED) is 0.847. The summed E-state index contributed by atoms with van der Waals surface area (Å²) >= 11 is 0. The van der Waals surface area contributed by atoms with Gasteiger partial charge in [-0.3, -0.25) is 9.80 Å². The van der Waals surface area contributed by atoms with Crippen molar-refractivity contribution in [2.75, 3.05) is 5.01 Å². The fourth-order valence-corrected chi connectivity index (χ4v) is 3.85. The molecule has 2 aromatic rings. The Balaban J connectivity index is 1.69. The van der Waals surface area contributed by atoms with Gasteiger partial charge in [-0.05, 0) is 43.9 Å². The first kappa shape index (κ1) is 18.6.